The van der Waals surface area contributed by atoms with Gasteiger partial charge in [0.25, 0.3) is 0 Å². The van der Waals surface area contributed by atoms with Gasteiger partial charge in [-0.2, -0.15) is 0 Å². The molecule has 3 aliphatic rings. The van der Waals surface area contributed by atoms with Crippen molar-refractivity contribution in [2.24, 2.45) is 17.8 Å². The average molecular weight is 303 g/mol. The molecule has 0 bridgehead atoms. The molecule has 22 heavy (non-hydrogen) atoms. The highest BCUT2D eigenvalue weighted by Crippen LogP contribution is 2.38. The molecule has 0 spiro atoms. The van der Waals surface area contributed by atoms with Gasteiger partial charge in [-0.15, -0.1) is 0 Å². The van der Waals surface area contributed by atoms with E-state index in [2.05, 4.69) is 35.8 Å². The lowest BCUT2D eigenvalue weighted by molar-refractivity contribution is 0.180. The zero-order valence-electron chi connectivity index (χ0n) is 14.3. The van der Waals surface area contributed by atoms with Crippen LogP contribution >= 0.6 is 0 Å². The molecule has 2 fully saturated rings. The molecule has 0 aromatic carbocycles. The van der Waals surface area contributed by atoms with Crippen LogP contribution in [0.15, 0.2) is 23.9 Å². The van der Waals surface area contributed by atoms with Gasteiger partial charge >= 0.3 is 0 Å². The van der Waals surface area contributed by atoms with Crippen molar-refractivity contribution in [3.05, 3.63) is 23.9 Å². The molecule has 2 nitrogen and oxygen atoms in total. The van der Waals surface area contributed by atoms with E-state index in [-0.39, 0.29) is 0 Å². The van der Waals surface area contributed by atoms with Gasteiger partial charge in [0.15, 0.2) is 0 Å². The maximum Gasteiger partial charge on any atom is 0.0330 e. The van der Waals surface area contributed by atoms with E-state index in [1.807, 2.05) is 0 Å². The zero-order chi connectivity index (χ0) is 15.2. The van der Waals surface area contributed by atoms with Crippen molar-refractivity contribution in [1.82, 2.24) is 10.6 Å². The van der Waals surface area contributed by atoms with Gasteiger partial charge in [-0.05, 0) is 68.9 Å². The van der Waals surface area contributed by atoms with E-state index < -0.39 is 0 Å². The molecule has 2 unspecified atom stereocenters. The lowest BCUT2D eigenvalue weighted by Gasteiger charge is -2.36. The Morgan fingerprint density at radius 3 is 2.68 bits per heavy atom. The monoisotopic (exact) mass is 302 g/mol. The Morgan fingerprint density at radius 2 is 2.00 bits per heavy atom. The van der Waals surface area contributed by atoms with E-state index in [1.165, 1.54) is 70.0 Å². The summed E-state index contributed by atoms with van der Waals surface area (Å²) in [5.41, 5.74) is 1.47. The summed E-state index contributed by atoms with van der Waals surface area (Å²) >= 11 is 0. The average Bonchev–Trinajstić information content (AvgIpc) is 2.57. The summed E-state index contributed by atoms with van der Waals surface area (Å²) in [6.07, 6.45) is 19.4. The quantitative estimate of drug-likeness (QED) is 0.787. The normalized spacial score (nSPS) is 33.9. The highest BCUT2D eigenvalue weighted by atomic mass is 14.9. The van der Waals surface area contributed by atoms with E-state index in [4.69, 9.17) is 0 Å². The minimum Gasteiger partial charge on any atom is -0.385 e. The van der Waals surface area contributed by atoms with Crippen LogP contribution in [0.2, 0.25) is 0 Å². The molecule has 0 radical (unpaired) electrons. The number of piperidine rings is 1. The van der Waals surface area contributed by atoms with Crippen molar-refractivity contribution >= 4 is 0 Å². The fraction of sp³-hybridized carbons (Fsp3) is 0.800. The van der Waals surface area contributed by atoms with E-state index in [0.29, 0.717) is 0 Å². The van der Waals surface area contributed by atoms with E-state index in [9.17, 15) is 0 Å². The fourth-order valence-electron chi connectivity index (χ4n) is 4.61. The van der Waals surface area contributed by atoms with Crippen LogP contribution in [-0.2, 0) is 0 Å². The Hall–Kier alpha value is -0.760. The predicted octanol–water partition coefficient (Wildman–Crippen LogP) is 4.39. The molecule has 124 valence electrons. The van der Waals surface area contributed by atoms with Crippen molar-refractivity contribution in [3.63, 3.8) is 0 Å². The molecular formula is C20H34N2. The van der Waals surface area contributed by atoms with Crippen LogP contribution in [0.1, 0.15) is 64.7 Å². The number of hydrogen-bond acceptors (Lipinski definition) is 2. The summed E-state index contributed by atoms with van der Waals surface area (Å²) in [5, 5.41) is 7.37. The van der Waals surface area contributed by atoms with E-state index in [0.717, 1.165) is 30.3 Å². The number of dihydropyridines is 1. The van der Waals surface area contributed by atoms with Crippen molar-refractivity contribution in [2.45, 2.75) is 70.8 Å². The molecule has 1 aliphatic carbocycles. The van der Waals surface area contributed by atoms with Crippen molar-refractivity contribution < 1.29 is 0 Å². The first-order valence-corrected chi connectivity index (χ1v) is 9.64. The SMILES string of the molecule is CC1CCC(C(CC2=CC=CCN2)CC2CCCCN2)CC1. The molecule has 1 saturated carbocycles. The smallest absolute Gasteiger partial charge is 0.0330 e. The Bertz CT molecular complexity index is 385. The molecule has 2 N–H and O–H groups in total. The second-order valence-electron chi connectivity index (χ2n) is 7.87. The van der Waals surface area contributed by atoms with E-state index in [1.54, 1.807) is 0 Å². The third-order valence-electron chi connectivity index (χ3n) is 6.09. The van der Waals surface area contributed by atoms with Crippen LogP contribution in [-0.4, -0.2) is 19.1 Å². The van der Waals surface area contributed by atoms with Gasteiger partial charge in [0, 0.05) is 18.3 Å². The molecule has 2 heterocycles. The minimum absolute atomic E-state index is 0.776. The van der Waals surface area contributed by atoms with Crippen LogP contribution in [0.5, 0.6) is 0 Å². The summed E-state index contributed by atoms with van der Waals surface area (Å²) < 4.78 is 0. The number of rotatable bonds is 5. The Balaban J connectivity index is 1.61. The molecule has 1 saturated heterocycles. The third-order valence-corrected chi connectivity index (χ3v) is 6.09. The topological polar surface area (TPSA) is 24.1 Å². The molecule has 0 aromatic heterocycles. The first kappa shape index (κ1) is 16.1. The number of hydrogen-bond donors (Lipinski definition) is 2. The molecular weight excluding hydrogens is 268 g/mol. The summed E-state index contributed by atoms with van der Waals surface area (Å²) in [6, 6.07) is 0.776. The molecule has 2 aliphatic heterocycles. The van der Waals surface area contributed by atoms with Crippen molar-refractivity contribution in [2.75, 3.05) is 13.1 Å². The van der Waals surface area contributed by atoms with Gasteiger partial charge in [0.1, 0.15) is 0 Å². The van der Waals surface area contributed by atoms with Crippen LogP contribution in [0.25, 0.3) is 0 Å². The van der Waals surface area contributed by atoms with Crippen LogP contribution in [0.3, 0.4) is 0 Å². The van der Waals surface area contributed by atoms with Gasteiger partial charge in [0.05, 0.1) is 0 Å². The highest BCUT2D eigenvalue weighted by molar-refractivity contribution is 5.17. The fourth-order valence-corrected chi connectivity index (χ4v) is 4.61. The summed E-state index contributed by atoms with van der Waals surface area (Å²) in [7, 11) is 0. The van der Waals surface area contributed by atoms with Crippen molar-refractivity contribution in [3.8, 4) is 0 Å². The van der Waals surface area contributed by atoms with Crippen LogP contribution in [0, 0.1) is 17.8 Å². The predicted molar refractivity (Wildman–Crippen MR) is 94.7 cm³/mol. The Labute approximate surface area is 136 Å². The minimum atomic E-state index is 0.776. The molecule has 3 rings (SSSR count). The number of nitrogens with one attached hydrogen (secondary N) is 2. The highest BCUT2D eigenvalue weighted by Gasteiger charge is 2.29. The molecule has 0 amide bonds. The molecule has 2 heteroatoms. The van der Waals surface area contributed by atoms with Gasteiger partial charge < -0.3 is 10.6 Å². The Kier molecular flexibility index (Phi) is 6.00. The summed E-state index contributed by atoms with van der Waals surface area (Å²) in [4.78, 5) is 0. The van der Waals surface area contributed by atoms with Crippen LogP contribution < -0.4 is 10.6 Å². The van der Waals surface area contributed by atoms with Crippen LogP contribution in [0.4, 0.5) is 0 Å². The standard InChI is InChI=1S/C20H34N2/c1-16-8-10-17(11-9-16)18(14-19-6-2-4-12-21-19)15-20-7-3-5-13-22-20/h2,4,6,16-18,20-22H,3,5,7-15H2,1H3. The van der Waals surface area contributed by atoms with Gasteiger partial charge in [0.2, 0.25) is 0 Å². The lowest BCUT2D eigenvalue weighted by Crippen LogP contribution is -2.37. The van der Waals surface area contributed by atoms with Gasteiger partial charge in [-0.3, -0.25) is 0 Å². The number of allylic oxidation sites excluding steroid dienone is 3. The zero-order valence-corrected chi connectivity index (χ0v) is 14.3. The van der Waals surface area contributed by atoms with Gasteiger partial charge in [-0.25, -0.2) is 0 Å². The largest absolute Gasteiger partial charge is 0.385 e. The molecule has 2 atom stereocenters. The van der Waals surface area contributed by atoms with Crippen molar-refractivity contribution in [1.29, 1.82) is 0 Å². The van der Waals surface area contributed by atoms with Gasteiger partial charge in [-0.1, -0.05) is 38.3 Å². The maximum atomic E-state index is 3.78. The third kappa shape index (κ3) is 4.62. The summed E-state index contributed by atoms with van der Waals surface area (Å²) in [6.45, 7) is 4.69. The molecule has 0 aromatic rings. The lowest BCUT2D eigenvalue weighted by atomic mass is 9.72. The first-order chi connectivity index (χ1) is 10.8. The van der Waals surface area contributed by atoms with E-state index >= 15 is 0 Å². The second kappa shape index (κ2) is 8.19. The second-order valence-corrected chi connectivity index (χ2v) is 7.87. The Morgan fingerprint density at radius 1 is 1.14 bits per heavy atom. The summed E-state index contributed by atoms with van der Waals surface area (Å²) in [5.74, 6) is 2.78. The maximum absolute atomic E-state index is 3.78. The first-order valence-electron chi connectivity index (χ1n) is 9.64.